The third kappa shape index (κ3) is 5.36. The molecule has 0 aliphatic carbocycles. The molecule has 1 fully saturated rings. The minimum atomic E-state index is 0.716. The molecular formula is C23H28N4O. The molecule has 1 saturated heterocycles. The second-order valence-electron chi connectivity index (χ2n) is 6.09. The Balaban J connectivity index is 0.000000422. The van der Waals surface area contributed by atoms with E-state index in [2.05, 4.69) is 40.3 Å². The zero-order valence-corrected chi connectivity index (χ0v) is 16.7. The third-order valence-electron chi connectivity index (χ3n) is 4.44. The van der Waals surface area contributed by atoms with Crippen LogP contribution in [-0.2, 0) is 6.54 Å². The van der Waals surface area contributed by atoms with Gasteiger partial charge in [-0.05, 0) is 19.9 Å². The first-order chi connectivity index (χ1) is 13.7. The lowest BCUT2D eigenvalue weighted by Crippen LogP contribution is -2.44. The van der Waals surface area contributed by atoms with Crippen LogP contribution in [0.1, 0.15) is 24.2 Å². The second kappa shape index (κ2) is 12.2. The number of carbonyl (C=O) groups excluding carboxylic acids is 1. The molecule has 146 valence electrons. The molecule has 1 aromatic carbocycles. The molecule has 0 unspecified atom stereocenters. The normalized spacial score (nSPS) is 13.4. The Morgan fingerprint density at radius 1 is 1.32 bits per heavy atom. The highest BCUT2D eigenvalue weighted by Gasteiger charge is 2.22. The predicted molar refractivity (Wildman–Crippen MR) is 118 cm³/mol. The van der Waals surface area contributed by atoms with Crippen molar-refractivity contribution in [1.82, 2.24) is 9.88 Å². The van der Waals surface area contributed by atoms with Crippen molar-refractivity contribution >= 4 is 23.0 Å². The fourth-order valence-corrected chi connectivity index (χ4v) is 3.03. The van der Waals surface area contributed by atoms with Gasteiger partial charge >= 0.3 is 0 Å². The number of anilines is 1. The van der Waals surface area contributed by atoms with E-state index < -0.39 is 0 Å². The molecule has 0 atom stereocenters. The van der Waals surface area contributed by atoms with Crippen LogP contribution >= 0.6 is 0 Å². The minimum absolute atomic E-state index is 0.716. The van der Waals surface area contributed by atoms with Crippen LogP contribution < -0.4 is 10.2 Å². The zero-order chi connectivity index (χ0) is 20.9. The van der Waals surface area contributed by atoms with E-state index >= 15 is 0 Å². The second-order valence-corrected chi connectivity index (χ2v) is 6.09. The van der Waals surface area contributed by atoms with Crippen LogP contribution in [0.5, 0.6) is 0 Å². The molecule has 1 aromatic heterocycles. The Hall–Kier alpha value is -3.28. The number of benzene rings is 1. The molecular weight excluding hydrogens is 348 g/mol. The van der Waals surface area contributed by atoms with E-state index in [4.69, 9.17) is 5.26 Å². The molecule has 0 saturated carbocycles. The summed E-state index contributed by atoms with van der Waals surface area (Å²) in [5.41, 5.74) is 2.67. The number of hydrogen-bond acceptors (Lipinski definition) is 4. The number of piperazine rings is 1. The number of aldehydes is 1. The molecule has 28 heavy (non-hydrogen) atoms. The molecule has 2 aromatic rings. The highest BCUT2D eigenvalue weighted by Crippen LogP contribution is 2.32. The number of nitriles is 1. The van der Waals surface area contributed by atoms with E-state index in [1.54, 1.807) is 13.0 Å². The largest absolute Gasteiger partial charge is 0.355 e. The van der Waals surface area contributed by atoms with Crippen LogP contribution in [-0.4, -0.2) is 37.0 Å². The molecule has 0 radical (unpaired) electrons. The van der Waals surface area contributed by atoms with Gasteiger partial charge in [0.15, 0.2) is 6.29 Å². The lowest BCUT2D eigenvalue weighted by molar-refractivity contribution is 0.112. The summed E-state index contributed by atoms with van der Waals surface area (Å²) in [5, 5.41) is 12.4. The number of carbonyl (C=O) groups is 1. The number of aromatic nitrogens is 1. The fraction of sp³-hybridized carbons (Fsp3) is 0.304. The number of fused-ring (bicyclic) bond motifs is 1. The number of allylic oxidation sites excluding steroid dienone is 3. The van der Waals surface area contributed by atoms with Crippen LogP contribution in [0.4, 0.5) is 5.82 Å². The standard InChI is InChI=1S/C16H19N3O.C5H7N.C2H2/c1-2-9-19-15-6-4-3-5-13(15)14(12-20)16(19)18-10-7-17-8-11-18;1-3-5(2)4-6;1-2/h2-6,12,17H,1,7-11H2;3H,1-2H3;1-2H/b;5-3+;. The summed E-state index contributed by atoms with van der Waals surface area (Å²) in [7, 11) is 0. The Labute approximate surface area is 167 Å². The Kier molecular flexibility index (Phi) is 9.89. The van der Waals surface area contributed by atoms with Crippen molar-refractivity contribution in [3.05, 3.63) is 54.1 Å². The van der Waals surface area contributed by atoms with Gasteiger partial charge in [0, 0.05) is 43.7 Å². The van der Waals surface area contributed by atoms with Gasteiger partial charge in [0.05, 0.1) is 17.1 Å². The minimum Gasteiger partial charge on any atom is -0.355 e. The third-order valence-corrected chi connectivity index (χ3v) is 4.44. The van der Waals surface area contributed by atoms with E-state index in [-0.39, 0.29) is 0 Å². The SMILES string of the molecule is C#C.C/C=C(\C)C#N.C=CCn1c(N2CCNCC2)c(C=O)c2ccccc21. The summed E-state index contributed by atoms with van der Waals surface area (Å²) in [6.45, 7) is 11.9. The molecule has 0 amide bonds. The van der Waals surface area contributed by atoms with Crippen LogP contribution in [0, 0.1) is 24.2 Å². The maximum atomic E-state index is 11.6. The number of para-hydroxylation sites is 1. The monoisotopic (exact) mass is 376 g/mol. The molecule has 5 heteroatoms. The topological polar surface area (TPSA) is 61.1 Å². The van der Waals surface area contributed by atoms with Crippen LogP contribution in [0.2, 0.25) is 0 Å². The number of nitrogens with one attached hydrogen (secondary N) is 1. The average Bonchev–Trinajstić information content (AvgIpc) is 3.09. The molecule has 1 aliphatic heterocycles. The van der Waals surface area contributed by atoms with Gasteiger partial charge in [-0.25, -0.2) is 0 Å². The fourth-order valence-electron chi connectivity index (χ4n) is 3.03. The van der Waals surface area contributed by atoms with E-state index in [1.165, 1.54) is 0 Å². The van der Waals surface area contributed by atoms with Crippen molar-refractivity contribution in [2.45, 2.75) is 20.4 Å². The van der Waals surface area contributed by atoms with E-state index in [0.29, 0.717) is 6.54 Å². The molecule has 0 bridgehead atoms. The van der Waals surface area contributed by atoms with Gasteiger partial charge in [-0.1, -0.05) is 30.4 Å². The van der Waals surface area contributed by atoms with Crippen molar-refractivity contribution in [2.75, 3.05) is 31.1 Å². The number of nitrogens with zero attached hydrogens (tertiary/aromatic N) is 3. The molecule has 3 rings (SSSR count). The summed E-state index contributed by atoms with van der Waals surface area (Å²) in [5.74, 6) is 1.03. The number of hydrogen-bond donors (Lipinski definition) is 1. The van der Waals surface area contributed by atoms with Crippen LogP contribution in [0.3, 0.4) is 0 Å². The number of rotatable bonds is 4. The highest BCUT2D eigenvalue weighted by atomic mass is 16.1. The van der Waals surface area contributed by atoms with Crippen LogP contribution in [0.25, 0.3) is 10.9 Å². The van der Waals surface area contributed by atoms with Gasteiger partial charge in [-0.2, -0.15) is 5.26 Å². The first-order valence-corrected chi connectivity index (χ1v) is 9.17. The molecule has 1 N–H and O–H groups in total. The quantitative estimate of drug-likeness (QED) is 0.382. The van der Waals surface area contributed by atoms with Gasteiger partial charge < -0.3 is 14.8 Å². The van der Waals surface area contributed by atoms with Crippen molar-refractivity contribution in [3.8, 4) is 18.9 Å². The van der Waals surface area contributed by atoms with Gasteiger partial charge in [0.2, 0.25) is 0 Å². The highest BCUT2D eigenvalue weighted by molar-refractivity contribution is 6.04. The Bertz CT molecular complexity index is 877. The number of terminal acetylenes is 1. The molecule has 1 aliphatic rings. The van der Waals surface area contributed by atoms with Crippen LogP contribution in [0.15, 0.2) is 48.6 Å². The van der Waals surface area contributed by atoms with Crippen molar-refractivity contribution in [2.24, 2.45) is 0 Å². The summed E-state index contributed by atoms with van der Waals surface area (Å²) in [6.07, 6.45) is 12.6. The first kappa shape index (κ1) is 22.8. The van der Waals surface area contributed by atoms with E-state index in [9.17, 15) is 4.79 Å². The maximum Gasteiger partial charge on any atom is 0.154 e. The van der Waals surface area contributed by atoms with Gasteiger partial charge in [-0.3, -0.25) is 4.79 Å². The first-order valence-electron chi connectivity index (χ1n) is 9.17. The lowest BCUT2D eigenvalue weighted by atomic mass is 10.2. The Morgan fingerprint density at radius 3 is 2.46 bits per heavy atom. The van der Waals surface area contributed by atoms with Gasteiger partial charge in [-0.15, -0.1) is 19.4 Å². The summed E-state index contributed by atoms with van der Waals surface area (Å²) >= 11 is 0. The Morgan fingerprint density at radius 2 is 1.96 bits per heavy atom. The molecule has 5 nitrogen and oxygen atoms in total. The molecule has 0 spiro atoms. The lowest BCUT2D eigenvalue weighted by Gasteiger charge is -2.30. The van der Waals surface area contributed by atoms with Gasteiger partial charge in [0.25, 0.3) is 0 Å². The van der Waals surface area contributed by atoms with Crippen molar-refractivity contribution in [1.29, 1.82) is 5.26 Å². The molecule has 2 heterocycles. The van der Waals surface area contributed by atoms with E-state index in [0.717, 1.165) is 60.3 Å². The maximum absolute atomic E-state index is 11.6. The zero-order valence-electron chi connectivity index (χ0n) is 16.7. The predicted octanol–water partition coefficient (Wildman–Crippen LogP) is 3.77. The van der Waals surface area contributed by atoms with Crippen molar-refractivity contribution in [3.63, 3.8) is 0 Å². The van der Waals surface area contributed by atoms with E-state index in [1.807, 2.05) is 37.3 Å². The average molecular weight is 377 g/mol. The summed E-state index contributed by atoms with van der Waals surface area (Å²) < 4.78 is 2.19. The summed E-state index contributed by atoms with van der Waals surface area (Å²) in [4.78, 5) is 13.9. The summed E-state index contributed by atoms with van der Waals surface area (Å²) in [6, 6.07) is 10.1. The van der Waals surface area contributed by atoms with Crippen molar-refractivity contribution < 1.29 is 4.79 Å². The van der Waals surface area contributed by atoms with Gasteiger partial charge in [0.1, 0.15) is 5.82 Å². The smallest absolute Gasteiger partial charge is 0.154 e.